The van der Waals surface area contributed by atoms with Crippen molar-refractivity contribution in [1.29, 1.82) is 0 Å². The molecular weight excluding hydrogens is 262 g/mol. The van der Waals surface area contributed by atoms with E-state index in [1.807, 2.05) is 16.4 Å². The fourth-order valence-electron chi connectivity index (χ4n) is 2.59. The third-order valence-corrected chi connectivity index (χ3v) is 4.77. The molecule has 0 bridgehead atoms. The average molecular weight is 285 g/mol. The molecule has 7 heteroatoms. The Morgan fingerprint density at radius 3 is 3.05 bits per heavy atom. The van der Waals surface area contributed by atoms with Crippen LogP contribution in [0.1, 0.15) is 37.5 Å². The molecule has 19 heavy (non-hydrogen) atoms. The molecule has 2 unspecified atom stereocenters. The Kier molecular flexibility index (Phi) is 6.06. The molecule has 6 nitrogen and oxygen atoms in total. The number of nitrogens with one attached hydrogen (secondary N) is 1. The summed E-state index contributed by atoms with van der Waals surface area (Å²) in [6.45, 7) is 2.23. The van der Waals surface area contributed by atoms with E-state index in [-0.39, 0.29) is 0 Å². The molecule has 0 spiro atoms. The molecule has 108 valence electrons. The maximum absolute atomic E-state index is 5.02. The summed E-state index contributed by atoms with van der Waals surface area (Å²) in [7, 11) is 1.71. The second-order valence-electron chi connectivity index (χ2n) is 4.84. The van der Waals surface area contributed by atoms with Crippen molar-refractivity contribution in [2.45, 2.75) is 43.5 Å². The molecular formula is C12H23N5OS. The van der Waals surface area contributed by atoms with Crippen molar-refractivity contribution in [3.8, 4) is 0 Å². The van der Waals surface area contributed by atoms with Crippen LogP contribution >= 0.6 is 11.8 Å². The molecule has 0 aliphatic heterocycles. The van der Waals surface area contributed by atoms with Crippen LogP contribution in [0, 0.1) is 0 Å². The zero-order valence-electron chi connectivity index (χ0n) is 11.7. The molecule has 1 fully saturated rings. The quantitative estimate of drug-likeness (QED) is 0.761. The predicted octanol–water partition coefficient (Wildman–Crippen LogP) is 1.26. The van der Waals surface area contributed by atoms with Crippen LogP contribution in [0.2, 0.25) is 0 Å². The summed E-state index contributed by atoms with van der Waals surface area (Å²) in [5, 5.41) is 16.1. The molecule has 1 aliphatic rings. The summed E-state index contributed by atoms with van der Waals surface area (Å²) < 4.78 is 7.05. The highest BCUT2D eigenvalue weighted by Gasteiger charge is 2.28. The van der Waals surface area contributed by atoms with Crippen LogP contribution in [0.15, 0.2) is 0 Å². The fourth-order valence-corrected chi connectivity index (χ4v) is 3.56. The Labute approximate surface area is 118 Å². The third kappa shape index (κ3) is 3.90. The topological polar surface area (TPSA) is 64.9 Å². The van der Waals surface area contributed by atoms with E-state index in [0.717, 1.165) is 12.4 Å². The monoisotopic (exact) mass is 285 g/mol. The Morgan fingerprint density at radius 1 is 1.42 bits per heavy atom. The Morgan fingerprint density at radius 2 is 2.26 bits per heavy atom. The predicted molar refractivity (Wildman–Crippen MR) is 76.2 cm³/mol. The van der Waals surface area contributed by atoms with Gasteiger partial charge in [0.15, 0.2) is 5.82 Å². The first kappa shape index (κ1) is 14.7. The number of tetrazole rings is 1. The van der Waals surface area contributed by atoms with E-state index in [1.54, 1.807) is 7.11 Å². The highest BCUT2D eigenvalue weighted by Crippen LogP contribution is 2.35. The number of ether oxygens (including phenoxy) is 1. The highest BCUT2D eigenvalue weighted by atomic mass is 32.2. The Hall–Kier alpha value is -0.660. The molecule has 1 saturated carbocycles. The summed E-state index contributed by atoms with van der Waals surface area (Å²) >= 11 is 1.94. The first-order chi connectivity index (χ1) is 9.36. The van der Waals surface area contributed by atoms with E-state index in [0.29, 0.717) is 24.4 Å². The second-order valence-corrected chi connectivity index (χ2v) is 5.91. The van der Waals surface area contributed by atoms with Crippen LogP contribution in [-0.2, 0) is 11.3 Å². The van der Waals surface area contributed by atoms with Crippen molar-refractivity contribution in [3.05, 3.63) is 5.82 Å². The zero-order chi connectivity index (χ0) is 13.5. The van der Waals surface area contributed by atoms with E-state index in [1.165, 1.54) is 25.7 Å². The van der Waals surface area contributed by atoms with E-state index in [9.17, 15) is 0 Å². The smallest absolute Gasteiger partial charge is 0.165 e. The standard InChI is InChI=1S/C12H23N5OS/c1-18-8-7-13-9-12-14-15-16-17(12)10-5-3-4-6-11(10)19-2/h10-11,13H,3-9H2,1-2H3. The van der Waals surface area contributed by atoms with Gasteiger partial charge in [0.2, 0.25) is 0 Å². The number of hydrogen-bond acceptors (Lipinski definition) is 6. The molecule has 1 N–H and O–H groups in total. The number of hydrogen-bond donors (Lipinski definition) is 1. The maximum Gasteiger partial charge on any atom is 0.165 e. The molecule has 0 radical (unpaired) electrons. The van der Waals surface area contributed by atoms with Crippen LogP contribution < -0.4 is 5.32 Å². The van der Waals surface area contributed by atoms with Crippen LogP contribution in [0.5, 0.6) is 0 Å². The van der Waals surface area contributed by atoms with Crippen molar-refractivity contribution in [1.82, 2.24) is 25.5 Å². The van der Waals surface area contributed by atoms with E-state index in [4.69, 9.17) is 4.74 Å². The minimum Gasteiger partial charge on any atom is -0.383 e. The van der Waals surface area contributed by atoms with Gasteiger partial charge in [-0.1, -0.05) is 12.8 Å². The molecule has 1 aromatic rings. The summed E-state index contributed by atoms with van der Waals surface area (Å²) in [5.74, 6) is 0.932. The number of aromatic nitrogens is 4. The molecule has 1 aliphatic carbocycles. The lowest BCUT2D eigenvalue weighted by molar-refractivity contribution is 0.198. The SMILES string of the molecule is COCCNCc1nnnn1C1CCCCC1SC. The van der Waals surface area contributed by atoms with Crippen LogP contribution in [0.3, 0.4) is 0 Å². The molecule has 0 saturated heterocycles. The van der Waals surface area contributed by atoms with Gasteiger partial charge < -0.3 is 10.1 Å². The summed E-state index contributed by atoms with van der Waals surface area (Å²) in [4.78, 5) is 0. The normalized spacial score (nSPS) is 23.7. The number of rotatable bonds is 7. The van der Waals surface area contributed by atoms with Crippen molar-refractivity contribution >= 4 is 11.8 Å². The molecule has 1 heterocycles. The minimum absolute atomic E-state index is 0.443. The molecule has 2 rings (SSSR count). The summed E-state index contributed by atoms with van der Waals surface area (Å²) in [6.07, 6.45) is 7.23. The van der Waals surface area contributed by atoms with Gasteiger partial charge in [-0.2, -0.15) is 11.8 Å². The molecule has 0 amide bonds. The van der Waals surface area contributed by atoms with Crippen molar-refractivity contribution in [3.63, 3.8) is 0 Å². The van der Waals surface area contributed by atoms with Crippen LogP contribution in [0.4, 0.5) is 0 Å². The van der Waals surface area contributed by atoms with Crippen LogP contribution in [0.25, 0.3) is 0 Å². The lowest BCUT2D eigenvalue weighted by Gasteiger charge is -2.30. The first-order valence-electron chi connectivity index (χ1n) is 6.86. The fraction of sp³-hybridized carbons (Fsp3) is 0.917. The third-order valence-electron chi connectivity index (χ3n) is 3.61. The van der Waals surface area contributed by atoms with E-state index < -0.39 is 0 Å². The van der Waals surface area contributed by atoms with Crippen molar-refractivity contribution in [2.24, 2.45) is 0 Å². The van der Waals surface area contributed by atoms with Gasteiger partial charge in [0, 0.05) is 18.9 Å². The largest absolute Gasteiger partial charge is 0.383 e. The molecule has 0 aromatic carbocycles. The van der Waals surface area contributed by atoms with Gasteiger partial charge in [-0.25, -0.2) is 4.68 Å². The van der Waals surface area contributed by atoms with Gasteiger partial charge in [0.25, 0.3) is 0 Å². The van der Waals surface area contributed by atoms with Gasteiger partial charge in [-0.3, -0.25) is 0 Å². The first-order valence-corrected chi connectivity index (χ1v) is 8.14. The van der Waals surface area contributed by atoms with Gasteiger partial charge in [-0.15, -0.1) is 5.10 Å². The van der Waals surface area contributed by atoms with Gasteiger partial charge in [-0.05, 0) is 29.5 Å². The number of methoxy groups -OCH3 is 1. The van der Waals surface area contributed by atoms with Crippen LogP contribution in [-0.4, -0.2) is 52.0 Å². The number of thioether (sulfide) groups is 1. The second kappa shape index (κ2) is 7.81. The number of nitrogens with zero attached hydrogens (tertiary/aromatic N) is 4. The lowest BCUT2D eigenvalue weighted by atomic mass is 9.95. The van der Waals surface area contributed by atoms with E-state index >= 15 is 0 Å². The summed E-state index contributed by atoms with van der Waals surface area (Å²) in [6, 6.07) is 0.443. The Bertz CT molecular complexity index is 373. The molecule has 1 aromatic heterocycles. The van der Waals surface area contributed by atoms with Crippen molar-refractivity contribution in [2.75, 3.05) is 26.5 Å². The lowest BCUT2D eigenvalue weighted by Crippen LogP contribution is -2.29. The summed E-state index contributed by atoms with van der Waals surface area (Å²) in [5.41, 5.74) is 0. The Balaban J connectivity index is 1.97. The highest BCUT2D eigenvalue weighted by molar-refractivity contribution is 7.99. The minimum atomic E-state index is 0.443. The van der Waals surface area contributed by atoms with Gasteiger partial charge in [0.05, 0.1) is 19.2 Å². The zero-order valence-corrected chi connectivity index (χ0v) is 12.5. The van der Waals surface area contributed by atoms with E-state index in [2.05, 4.69) is 27.1 Å². The average Bonchev–Trinajstić information content (AvgIpc) is 2.92. The molecule has 2 atom stereocenters. The maximum atomic E-state index is 5.02. The van der Waals surface area contributed by atoms with Crippen molar-refractivity contribution < 1.29 is 4.74 Å². The van der Waals surface area contributed by atoms with Gasteiger partial charge in [0.1, 0.15) is 0 Å². The van der Waals surface area contributed by atoms with Gasteiger partial charge >= 0.3 is 0 Å².